The van der Waals surface area contributed by atoms with Crippen LogP contribution in [0, 0.1) is 5.92 Å². The average molecular weight is 444 g/mol. The second-order valence-corrected chi connectivity index (χ2v) is 9.96. The highest BCUT2D eigenvalue weighted by molar-refractivity contribution is 5.84. The third-order valence-corrected chi connectivity index (χ3v) is 6.90. The fraction of sp³-hybridized carbons (Fsp3) is 0.393. The first-order valence-electron chi connectivity index (χ1n) is 11.9. The number of fused-ring (bicyclic) bond motifs is 2. The highest BCUT2D eigenvalue weighted by Crippen LogP contribution is 2.35. The van der Waals surface area contributed by atoms with E-state index in [1.54, 1.807) is 0 Å². The molecule has 5 heteroatoms. The van der Waals surface area contributed by atoms with Gasteiger partial charge < -0.3 is 19.5 Å². The predicted molar refractivity (Wildman–Crippen MR) is 136 cm³/mol. The van der Waals surface area contributed by atoms with E-state index >= 15 is 0 Å². The van der Waals surface area contributed by atoms with Crippen molar-refractivity contribution in [3.05, 3.63) is 81.6 Å². The second kappa shape index (κ2) is 8.38. The maximum absolute atomic E-state index is 13.2. The molecule has 4 heterocycles. The number of piperazine rings is 1. The first-order chi connectivity index (χ1) is 15.8. The maximum Gasteiger partial charge on any atom is 0.343 e. The molecule has 3 unspecified atom stereocenters. The van der Waals surface area contributed by atoms with Gasteiger partial charge in [-0.3, -0.25) is 0 Å². The van der Waals surface area contributed by atoms with Crippen molar-refractivity contribution in [3.8, 4) is 0 Å². The molecular weight excluding hydrogens is 410 g/mol. The van der Waals surface area contributed by atoms with Gasteiger partial charge in [0.1, 0.15) is 5.58 Å². The Labute approximate surface area is 195 Å². The number of nitrogens with zero attached hydrogens (tertiary/aromatic N) is 2. The molecule has 3 aliphatic heterocycles. The van der Waals surface area contributed by atoms with Crippen molar-refractivity contribution in [2.75, 3.05) is 18.0 Å². The molecule has 5 rings (SSSR count). The Hall–Kier alpha value is -3.05. The molecule has 0 spiro atoms. The molecule has 1 aromatic carbocycles. The molecule has 2 aromatic rings. The van der Waals surface area contributed by atoms with Crippen molar-refractivity contribution in [2.45, 2.75) is 53.1 Å². The van der Waals surface area contributed by atoms with Crippen LogP contribution in [0.5, 0.6) is 0 Å². The van der Waals surface area contributed by atoms with E-state index < -0.39 is 0 Å². The Balaban J connectivity index is 1.53. The van der Waals surface area contributed by atoms with Gasteiger partial charge in [0.25, 0.3) is 0 Å². The van der Waals surface area contributed by atoms with Crippen molar-refractivity contribution in [2.24, 2.45) is 5.92 Å². The van der Waals surface area contributed by atoms with Crippen molar-refractivity contribution < 1.29 is 4.42 Å². The monoisotopic (exact) mass is 443 g/mol. The Bertz CT molecular complexity index is 1270. The molecule has 3 aliphatic rings. The molecule has 1 aromatic heterocycles. The van der Waals surface area contributed by atoms with Crippen molar-refractivity contribution in [3.63, 3.8) is 0 Å². The van der Waals surface area contributed by atoms with Gasteiger partial charge in [0.2, 0.25) is 0 Å². The lowest BCUT2D eigenvalue weighted by Crippen LogP contribution is -2.54. The van der Waals surface area contributed by atoms with Crippen LogP contribution < -0.4 is 15.8 Å². The Kier molecular flexibility index (Phi) is 5.53. The standard InChI is InChI=1S/C28H33N3O2/c1-17-10-19(3)26-9-6-18(2)25(16-31(26)13-17)24-11-22-7-8-23(12-27(22)33-28(24)32)30-14-20(4)29-21(5)15-30/h7-13,16,18,20-21,29H,6,14-15H2,1-5H3. The summed E-state index contributed by atoms with van der Waals surface area (Å²) in [5.41, 5.74) is 6.78. The van der Waals surface area contributed by atoms with E-state index in [4.69, 9.17) is 4.42 Å². The van der Waals surface area contributed by atoms with Gasteiger partial charge in [-0.05, 0) is 75.0 Å². The van der Waals surface area contributed by atoms with Crippen LogP contribution in [-0.2, 0) is 0 Å². The summed E-state index contributed by atoms with van der Waals surface area (Å²) in [4.78, 5) is 17.7. The van der Waals surface area contributed by atoms with Gasteiger partial charge in [-0.15, -0.1) is 0 Å². The van der Waals surface area contributed by atoms with Crippen LogP contribution in [0.15, 0.2) is 74.9 Å². The largest absolute Gasteiger partial charge is 0.422 e. The third kappa shape index (κ3) is 4.18. The van der Waals surface area contributed by atoms with Crippen molar-refractivity contribution >= 4 is 22.2 Å². The predicted octanol–water partition coefficient (Wildman–Crippen LogP) is 5.41. The van der Waals surface area contributed by atoms with Crippen molar-refractivity contribution in [1.82, 2.24) is 10.2 Å². The summed E-state index contributed by atoms with van der Waals surface area (Å²) in [5, 5.41) is 4.52. The molecule has 33 heavy (non-hydrogen) atoms. The van der Waals surface area contributed by atoms with Gasteiger partial charge >= 0.3 is 5.63 Å². The van der Waals surface area contributed by atoms with Gasteiger partial charge in [-0.2, -0.15) is 0 Å². The summed E-state index contributed by atoms with van der Waals surface area (Å²) in [6.07, 6.45) is 9.59. The summed E-state index contributed by atoms with van der Waals surface area (Å²) in [6, 6.07) is 9.09. The highest BCUT2D eigenvalue weighted by atomic mass is 16.4. The van der Waals surface area contributed by atoms with Crippen molar-refractivity contribution in [1.29, 1.82) is 0 Å². The first kappa shape index (κ1) is 21.8. The topological polar surface area (TPSA) is 48.7 Å². The molecule has 1 fully saturated rings. The van der Waals surface area contributed by atoms with Gasteiger partial charge in [0.05, 0.1) is 5.56 Å². The van der Waals surface area contributed by atoms with Crippen LogP contribution in [0.25, 0.3) is 16.5 Å². The van der Waals surface area contributed by atoms with E-state index in [0.29, 0.717) is 23.2 Å². The van der Waals surface area contributed by atoms with E-state index in [1.807, 2.05) is 12.1 Å². The fourth-order valence-electron chi connectivity index (χ4n) is 5.38. The number of allylic oxidation sites excluding steroid dienone is 5. The number of benzene rings is 1. The van der Waals surface area contributed by atoms with Crippen LogP contribution in [0.2, 0.25) is 0 Å². The average Bonchev–Trinajstić information content (AvgIpc) is 2.91. The molecule has 0 radical (unpaired) electrons. The van der Waals surface area contributed by atoms with E-state index in [1.165, 1.54) is 16.8 Å². The lowest BCUT2D eigenvalue weighted by molar-refractivity contribution is 0.407. The molecule has 5 nitrogen and oxygen atoms in total. The Morgan fingerprint density at radius 1 is 1.03 bits per heavy atom. The normalized spacial score (nSPS) is 25.7. The lowest BCUT2D eigenvalue weighted by atomic mass is 9.92. The summed E-state index contributed by atoms with van der Waals surface area (Å²) in [5.74, 6) is 0.216. The quantitative estimate of drug-likeness (QED) is 0.629. The number of hydrogen-bond acceptors (Lipinski definition) is 5. The van der Waals surface area contributed by atoms with E-state index in [2.05, 4.69) is 86.4 Å². The summed E-state index contributed by atoms with van der Waals surface area (Å²) in [6.45, 7) is 12.7. The summed E-state index contributed by atoms with van der Waals surface area (Å²) in [7, 11) is 0. The van der Waals surface area contributed by atoms with Crippen LogP contribution in [-0.4, -0.2) is 30.1 Å². The van der Waals surface area contributed by atoms with E-state index in [0.717, 1.165) is 36.2 Å². The summed E-state index contributed by atoms with van der Waals surface area (Å²) < 4.78 is 5.90. The molecule has 0 amide bonds. The molecule has 0 aliphatic carbocycles. The van der Waals surface area contributed by atoms with Gasteiger partial charge in [0.15, 0.2) is 0 Å². The van der Waals surface area contributed by atoms with Gasteiger partial charge in [-0.25, -0.2) is 4.79 Å². The zero-order valence-corrected chi connectivity index (χ0v) is 20.2. The van der Waals surface area contributed by atoms with E-state index in [9.17, 15) is 4.79 Å². The minimum Gasteiger partial charge on any atom is -0.422 e. The maximum atomic E-state index is 13.2. The molecule has 3 atom stereocenters. The number of nitrogens with one attached hydrogen (secondary N) is 1. The minimum atomic E-state index is -0.270. The Morgan fingerprint density at radius 3 is 2.55 bits per heavy atom. The second-order valence-electron chi connectivity index (χ2n) is 9.96. The highest BCUT2D eigenvalue weighted by Gasteiger charge is 2.24. The molecule has 0 bridgehead atoms. The molecular formula is C28H33N3O2. The number of rotatable bonds is 2. The molecule has 1 saturated heterocycles. The molecule has 0 saturated carbocycles. The zero-order chi connectivity index (χ0) is 23.3. The number of hydrogen-bond donors (Lipinski definition) is 1. The Morgan fingerprint density at radius 2 is 1.79 bits per heavy atom. The fourth-order valence-corrected chi connectivity index (χ4v) is 5.38. The van der Waals surface area contributed by atoms with Crippen LogP contribution in [0.3, 0.4) is 0 Å². The first-order valence-corrected chi connectivity index (χ1v) is 11.9. The summed E-state index contributed by atoms with van der Waals surface area (Å²) >= 11 is 0. The lowest BCUT2D eigenvalue weighted by Gasteiger charge is -2.37. The molecule has 1 N–H and O–H groups in total. The van der Waals surface area contributed by atoms with Gasteiger partial charge in [-0.1, -0.05) is 19.1 Å². The number of anilines is 1. The smallest absolute Gasteiger partial charge is 0.343 e. The third-order valence-electron chi connectivity index (χ3n) is 6.90. The SMILES string of the molecule is CC1=CN2C=C(c3cc4ccc(N5CC(C)NC(C)C5)cc4oc3=O)C(C)CC=C2C(C)=C1. The van der Waals surface area contributed by atoms with Crippen LogP contribution in [0.4, 0.5) is 5.69 Å². The minimum absolute atomic E-state index is 0.216. The van der Waals surface area contributed by atoms with Crippen LogP contribution in [0.1, 0.15) is 46.6 Å². The van der Waals surface area contributed by atoms with E-state index in [-0.39, 0.29) is 11.5 Å². The van der Waals surface area contributed by atoms with Gasteiger partial charge in [0, 0.05) is 60.4 Å². The van der Waals surface area contributed by atoms with Crippen LogP contribution >= 0.6 is 0 Å². The zero-order valence-electron chi connectivity index (χ0n) is 20.2. The molecule has 172 valence electrons.